The van der Waals surface area contributed by atoms with Crippen molar-refractivity contribution in [1.29, 1.82) is 0 Å². The van der Waals surface area contributed by atoms with Gasteiger partial charge in [0, 0.05) is 28.7 Å². The average molecular weight is 524 g/mol. The minimum Gasteiger partial charge on any atom is -0.468 e. The maximum Gasteiger partial charge on any atom is 0.325 e. The van der Waals surface area contributed by atoms with Gasteiger partial charge in [-0.05, 0) is 17.7 Å². The van der Waals surface area contributed by atoms with E-state index in [1.807, 2.05) is 42.5 Å². The monoisotopic (exact) mass is 523 g/mol. The summed E-state index contributed by atoms with van der Waals surface area (Å²) in [6, 6.07) is 13.8. The molecule has 5 rings (SSSR count). The van der Waals surface area contributed by atoms with E-state index < -0.39 is 18.3 Å². The van der Waals surface area contributed by atoms with Gasteiger partial charge in [-0.1, -0.05) is 30.3 Å². The largest absolute Gasteiger partial charge is 0.468 e. The van der Waals surface area contributed by atoms with Crippen LogP contribution in [0.25, 0.3) is 22.5 Å². The standard InChI is InChI=1S/C24H19F2N7O3S/c1-35-19(34)11-33-13-29-20-17(33)7-16(8-18(20)37-12-14-5-3-2-4-6-14)30-24-27-9-15(10-28-24)22-31-32-23(36-22)21(25)26/h2-10,13,21H,11-12H2,1H3,(H,27,28,30). The molecule has 0 aliphatic carbocycles. The van der Waals surface area contributed by atoms with E-state index >= 15 is 0 Å². The normalized spacial score (nSPS) is 11.2. The Morgan fingerprint density at radius 2 is 1.92 bits per heavy atom. The van der Waals surface area contributed by atoms with Gasteiger partial charge in [-0.3, -0.25) is 4.79 Å². The fourth-order valence-corrected chi connectivity index (χ4v) is 4.47. The molecule has 0 radical (unpaired) electrons. The first-order valence-corrected chi connectivity index (χ1v) is 11.9. The number of methoxy groups -OCH3 is 1. The Morgan fingerprint density at radius 1 is 1.14 bits per heavy atom. The van der Waals surface area contributed by atoms with E-state index in [0.29, 0.717) is 11.3 Å². The molecular formula is C24H19F2N7O3S. The summed E-state index contributed by atoms with van der Waals surface area (Å²) in [4.78, 5) is 25.8. The summed E-state index contributed by atoms with van der Waals surface area (Å²) < 4.78 is 36.9. The van der Waals surface area contributed by atoms with Crippen molar-refractivity contribution < 1.29 is 22.7 Å². The van der Waals surface area contributed by atoms with Crippen LogP contribution in [0.3, 0.4) is 0 Å². The molecule has 10 nitrogen and oxygen atoms in total. The van der Waals surface area contributed by atoms with Crippen molar-refractivity contribution in [2.24, 2.45) is 0 Å². The van der Waals surface area contributed by atoms with E-state index in [2.05, 4.69) is 30.5 Å². The molecule has 0 fully saturated rings. The number of carbonyl (C=O) groups is 1. The van der Waals surface area contributed by atoms with Crippen LogP contribution in [-0.2, 0) is 21.8 Å². The van der Waals surface area contributed by atoms with Gasteiger partial charge < -0.3 is 19.0 Å². The molecule has 0 bridgehead atoms. The summed E-state index contributed by atoms with van der Waals surface area (Å²) in [5, 5.41) is 10.0. The highest BCUT2D eigenvalue weighted by Gasteiger charge is 2.18. The van der Waals surface area contributed by atoms with Gasteiger partial charge in [-0.25, -0.2) is 15.0 Å². The van der Waals surface area contributed by atoms with E-state index in [0.717, 1.165) is 27.2 Å². The number of alkyl halides is 2. The maximum atomic E-state index is 12.7. The molecule has 2 aromatic carbocycles. The third kappa shape index (κ3) is 5.56. The van der Waals surface area contributed by atoms with Crippen molar-refractivity contribution in [3.05, 3.63) is 72.6 Å². The number of hydrogen-bond acceptors (Lipinski definition) is 10. The second kappa shape index (κ2) is 10.7. The Bertz CT molecular complexity index is 1520. The number of fused-ring (bicyclic) bond motifs is 1. The van der Waals surface area contributed by atoms with Crippen LogP contribution in [0.1, 0.15) is 17.9 Å². The summed E-state index contributed by atoms with van der Waals surface area (Å²) >= 11 is 1.61. The van der Waals surface area contributed by atoms with Crippen molar-refractivity contribution in [2.75, 3.05) is 12.4 Å². The number of thioether (sulfide) groups is 1. The van der Waals surface area contributed by atoms with Gasteiger partial charge in [0.25, 0.3) is 11.8 Å². The van der Waals surface area contributed by atoms with Crippen molar-refractivity contribution in [3.8, 4) is 11.5 Å². The topological polar surface area (TPSA) is 121 Å². The second-order valence-corrected chi connectivity index (χ2v) is 8.75. The Balaban J connectivity index is 1.43. The molecule has 0 aliphatic heterocycles. The predicted octanol–water partition coefficient (Wildman–Crippen LogP) is 5.02. The number of imidazole rings is 1. The first-order chi connectivity index (χ1) is 18.0. The predicted molar refractivity (Wildman–Crippen MR) is 131 cm³/mol. The molecule has 0 spiro atoms. The summed E-state index contributed by atoms with van der Waals surface area (Å²) in [6.45, 7) is 0.00916. The lowest BCUT2D eigenvalue weighted by Gasteiger charge is -2.10. The van der Waals surface area contributed by atoms with Crippen LogP contribution in [0.5, 0.6) is 0 Å². The summed E-state index contributed by atoms with van der Waals surface area (Å²) in [5.41, 5.74) is 3.60. The molecule has 5 aromatic rings. The van der Waals surface area contributed by atoms with Crippen LogP contribution in [-0.4, -0.2) is 42.8 Å². The SMILES string of the molecule is COC(=O)Cn1cnc2c(SCc3ccccc3)cc(Nc3ncc(-c4nnc(C(F)F)o4)cn3)cc21. The zero-order valence-electron chi connectivity index (χ0n) is 19.3. The van der Waals surface area contributed by atoms with Gasteiger partial charge in [0.1, 0.15) is 12.1 Å². The van der Waals surface area contributed by atoms with Gasteiger partial charge in [0.05, 0.1) is 24.5 Å². The summed E-state index contributed by atoms with van der Waals surface area (Å²) in [7, 11) is 1.33. The number of aromatic nitrogens is 6. The average Bonchev–Trinajstić information content (AvgIpc) is 3.57. The highest BCUT2D eigenvalue weighted by molar-refractivity contribution is 7.98. The highest BCUT2D eigenvalue weighted by Crippen LogP contribution is 2.34. The van der Waals surface area contributed by atoms with Crippen molar-refractivity contribution >= 4 is 40.4 Å². The number of hydrogen-bond donors (Lipinski definition) is 1. The molecule has 1 N–H and O–H groups in total. The molecule has 0 atom stereocenters. The van der Waals surface area contributed by atoms with Crippen molar-refractivity contribution in [1.82, 2.24) is 29.7 Å². The van der Waals surface area contributed by atoms with Crippen LogP contribution >= 0.6 is 11.8 Å². The van der Waals surface area contributed by atoms with E-state index in [1.165, 1.54) is 19.5 Å². The summed E-state index contributed by atoms with van der Waals surface area (Å²) in [5.74, 6) is -0.288. The Hall–Kier alpha value is -4.39. The van der Waals surface area contributed by atoms with E-state index in [-0.39, 0.29) is 18.4 Å². The highest BCUT2D eigenvalue weighted by atomic mass is 32.2. The van der Waals surface area contributed by atoms with Crippen LogP contribution in [0, 0.1) is 0 Å². The lowest BCUT2D eigenvalue weighted by molar-refractivity contribution is -0.141. The van der Waals surface area contributed by atoms with Gasteiger partial charge in [-0.15, -0.1) is 22.0 Å². The number of rotatable bonds is 9. The molecule has 3 aromatic heterocycles. The molecule has 0 aliphatic rings. The third-order valence-electron chi connectivity index (χ3n) is 5.24. The lowest BCUT2D eigenvalue weighted by atomic mass is 10.2. The summed E-state index contributed by atoms with van der Waals surface area (Å²) in [6.07, 6.45) is 1.52. The zero-order chi connectivity index (χ0) is 25.8. The van der Waals surface area contributed by atoms with E-state index in [4.69, 9.17) is 9.15 Å². The Labute approximate surface area is 213 Å². The molecule has 0 amide bonds. The Morgan fingerprint density at radius 3 is 2.62 bits per heavy atom. The molecule has 3 heterocycles. The van der Waals surface area contributed by atoms with E-state index in [1.54, 1.807) is 22.7 Å². The number of benzene rings is 2. The molecule has 0 unspecified atom stereocenters. The van der Waals surface area contributed by atoms with Crippen LogP contribution in [0.15, 0.2) is 70.5 Å². The number of esters is 1. The lowest BCUT2D eigenvalue weighted by Crippen LogP contribution is -2.10. The van der Waals surface area contributed by atoms with Gasteiger partial charge in [0.15, 0.2) is 0 Å². The van der Waals surface area contributed by atoms with Gasteiger partial charge >= 0.3 is 12.4 Å². The minimum atomic E-state index is -2.86. The molecular weight excluding hydrogens is 504 g/mol. The number of carbonyl (C=O) groups excluding carboxylic acids is 1. The molecule has 188 valence electrons. The first kappa shape index (κ1) is 24.3. The van der Waals surface area contributed by atoms with Gasteiger partial charge in [-0.2, -0.15) is 8.78 Å². The molecule has 37 heavy (non-hydrogen) atoms. The third-order valence-corrected chi connectivity index (χ3v) is 6.34. The van der Waals surface area contributed by atoms with Crippen LogP contribution < -0.4 is 5.32 Å². The quantitative estimate of drug-likeness (QED) is 0.208. The second-order valence-electron chi connectivity index (χ2n) is 7.73. The minimum absolute atomic E-state index is 0.00916. The first-order valence-electron chi connectivity index (χ1n) is 10.9. The van der Waals surface area contributed by atoms with Crippen molar-refractivity contribution in [2.45, 2.75) is 23.6 Å². The maximum absolute atomic E-state index is 12.7. The fourth-order valence-electron chi connectivity index (χ4n) is 3.45. The Kier molecular flexibility index (Phi) is 7.03. The molecule has 0 saturated carbocycles. The smallest absolute Gasteiger partial charge is 0.325 e. The zero-order valence-corrected chi connectivity index (χ0v) is 20.2. The van der Waals surface area contributed by atoms with Crippen molar-refractivity contribution in [3.63, 3.8) is 0 Å². The fraction of sp³-hybridized carbons (Fsp3) is 0.167. The van der Waals surface area contributed by atoms with Crippen LogP contribution in [0.2, 0.25) is 0 Å². The van der Waals surface area contributed by atoms with Crippen LogP contribution in [0.4, 0.5) is 20.4 Å². The van der Waals surface area contributed by atoms with Gasteiger partial charge in [0.2, 0.25) is 5.95 Å². The molecule has 13 heteroatoms. The molecule has 0 saturated heterocycles. The number of nitrogens with one attached hydrogen (secondary N) is 1. The number of ether oxygens (including phenoxy) is 1. The number of nitrogens with zero attached hydrogens (tertiary/aromatic N) is 6. The number of halogens is 2. The number of anilines is 2. The van der Waals surface area contributed by atoms with E-state index in [9.17, 15) is 13.6 Å².